The Kier molecular flexibility index (Phi) is 5.79. The Hall–Kier alpha value is -0.910. The van der Waals surface area contributed by atoms with Gasteiger partial charge >= 0.3 is 5.97 Å². The van der Waals surface area contributed by atoms with E-state index in [0.29, 0.717) is 6.04 Å². The van der Waals surface area contributed by atoms with Gasteiger partial charge in [0.25, 0.3) is 0 Å². The Morgan fingerprint density at radius 1 is 1.29 bits per heavy atom. The maximum Gasteiger partial charge on any atom is 0.320 e. The van der Waals surface area contributed by atoms with Crippen molar-refractivity contribution in [2.45, 2.75) is 32.4 Å². The lowest BCUT2D eigenvalue weighted by atomic mass is 10.0. The molecule has 0 aromatic heterocycles. The summed E-state index contributed by atoms with van der Waals surface area (Å²) in [7, 11) is 0. The third-order valence-corrected chi connectivity index (χ3v) is 4.81. The lowest BCUT2D eigenvalue weighted by Crippen LogP contribution is -2.52. The van der Waals surface area contributed by atoms with Gasteiger partial charge in [-0.1, -0.05) is 35.0 Å². The van der Waals surface area contributed by atoms with Gasteiger partial charge in [-0.2, -0.15) is 0 Å². The summed E-state index contributed by atoms with van der Waals surface area (Å²) in [5, 5.41) is 9.10. The van der Waals surface area contributed by atoms with E-state index in [1.807, 2.05) is 11.0 Å². The molecule has 2 rings (SSSR count). The number of hydrogen-bond acceptors (Lipinski definition) is 3. The fourth-order valence-corrected chi connectivity index (χ4v) is 3.43. The Morgan fingerprint density at radius 3 is 2.43 bits per heavy atom. The molecule has 2 unspecified atom stereocenters. The van der Waals surface area contributed by atoms with E-state index in [4.69, 9.17) is 5.11 Å². The highest BCUT2D eigenvalue weighted by atomic mass is 79.9. The van der Waals surface area contributed by atoms with Crippen molar-refractivity contribution >= 4 is 21.9 Å². The molecule has 0 saturated carbocycles. The number of piperazine rings is 1. The zero-order chi connectivity index (χ0) is 15.4. The molecule has 2 atom stereocenters. The van der Waals surface area contributed by atoms with E-state index in [1.165, 1.54) is 5.56 Å². The number of nitrogens with zero attached hydrogens (tertiary/aromatic N) is 2. The smallest absolute Gasteiger partial charge is 0.320 e. The van der Waals surface area contributed by atoms with Crippen molar-refractivity contribution < 1.29 is 9.90 Å². The first-order chi connectivity index (χ1) is 10.0. The number of rotatable bonds is 5. The largest absolute Gasteiger partial charge is 0.480 e. The zero-order valence-corrected chi connectivity index (χ0v) is 14.2. The van der Waals surface area contributed by atoms with Gasteiger partial charge in [-0.3, -0.25) is 14.6 Å². The van der Waals surface area contributed by atoms with Gasteiger partial charge in [-0.15, -0.1) is 0 Å². The van der Waals surface area contributed by atoms with Crippen LogP contribution < -0.4 is 0 Å². The number of hydrogen-bond donors (Lipinski definition) is 1. The van der Waals surface area contributed by atoms with Crippen molar-refractivity contribution in [2.24, 2.45) is 0 Å². The van der Waals surface area contributed by atoms with Crippen molar-refractivity contribution in [3.63, 3.8) is 0 Å². The number of carboxylic acid groups (broad SMARTS) is 1. The molecule has 1 heterocycles. The van der Waals surface area contributed by atoms with Crippen molar-refractivity contribution in [2.75, 3.05) is 26.2 Å². The molecule has 0 amide bonds. The van der Waals surface area contributed by atoms with Gasteiger partial charge in [-0.05, 0) is 31.0 Å². The molecule has 1 saturated heterocycles. The lowest BCUT2D eigenvalue weighted by molar-refractivity contribution is -0.143. The fraction of sp³-hybridized carbons (Fsp3) is 0.562. The van der Waals surface area contributed by atoms with E-state index in [1.54, 1.807) is 6.92 Å². The van der Waals surface area contributed by atoms with Crippen molar-refractivity contribution in [1.82, 2.24) is 9.80 Å². The summed E-state index contributed by atoms with van der Waals surface area (Å²) in [6.45, 7) is 7.45. The molecular formula is C16H23BrN2O2. The summed E-state index contributed by atoms with van der Waals surface area (Å²) < 4.78 is 1.11. The molecule has 21 heavy (non-hydrogen) atoms. The minimum atomic E-state index is -0.734. The molecule has 4 nitrogen and oxygen atoms in total. The average molecular weight is 355 g/mol. The highest BCUT2D eigenvalue weighted by molar-refractivity contribution is 9.10. The second-order valence-electron chi connectivity index (χ2n) is 5.57. The average Bonchev–Trinajstić information content (AvgIpc) is 2.48. The van der Waals surface area contributed by atoms with Crippen LogP contribution in [0.4, 0.5) is 0 Å². The van der Waals surface area contributed by atoms with Crippen LogP contribution in [0.1, 0.15) is 31.9 Å². The third-order valence-electron chi connectivity index (χ3n) is 4.31. The standard InChI is InChI=1S/C16H23BrN2O2/c1-3-15(13-5-4-6-14(17)11-13)19-9-7-18(8-10-19)12(2)16(20)21/h4-6,11-12,15H,3,7-10H2,1-2H3,(H,20,21). The van der Waals surface area contributed by atoms with Crippen LogP contribution in [0.25, 0.3) is 0 Å². The monoisotopic (exact) mass is 354 g/mol. The topological polar surface area (TPSA) is 43.8 Å². The van der Waals surface area contributed by atoms with Crippen LogP contribution in [0.15, 0.2) is 28.7 Å². The number of aliphatic carboxylic acids is 1. The SMILES string of the molecule is CCC(c1cccc(Br)c1)N1CCN(C(C)C(=O)O)CC1. The van der Waals surface area contributed by atoms with Gasteiger partial charge in [0.2, 0.25) is 0 Å². The van der Waals surface area contributed by atoms with Gasteiger partial charge in [0.05, 0.1) is 0 Å². The summed E-state index contributed by atoms with van der Waals surface area (Å²) in [5.74, 6) is -0.734. The van der Waals surface area contributed by atoms with Crippen LogP contribution in [0.5, 0.6) is 0 Å². The summed E-state index contributed by atoms with van der Waals surface area (Å²) in [4.78, 5) is 15.6. The normalized spacial score (nSPS) is 20.1. The van der Waals surface area contributed by atoms with E-state index in [-0.39, 0.29) is 0 Å². The maximum absolute atomic E-state index is 11.1. The molecule has 116 valence electrons. The molecule has 1 aromatic rings. The second kappa shape index (κ2) is 7.38. The van der Waals surface area contributed by atoms with Crippen LogP contribution in [-0.4, -0.2) is 53.1 Å². The Morgan fingerprint density at radius 2 is 1.90 bits per heavy atom. The molecular weight excluding hydrogens is 332 g/mol. The molecule has 0 spiro atoms. The van der Waals surface area contributed by atoms with Crippen LogP contribution >= 0.6 is 15.9 Å². The number of benzene rings is 1. The van der Waals surface area contributed by atoms with E-state index in [2.05, 4.69) is 46.0 Å². The van der Waals surface area contributed by atoms with Crippen LogP contribution in [0.2, 0.25) is 0 Å². The first-order valence-corrected chi connectivity index (χ1v) is 8.28. The Bertz CT molecular complexity index is 487. The Labute approximate surface area is 134 Å². The van der Waals surface area contributed by atoms with Crippen molar-refractivity contribution in [3.8, 4) is 0 Å². The molecule has 1 aromatic carbocycles. The minimum absolute atomic E-state index is 0.391. The zero-order valence-electron chi connectivity index (χ0n) is 12.6. The molecule has 1 N–H and O–H groups in total. The van der Waals surface area contributed by atoms with Crippen LogP contribution in [0, 0.1) is 0 Å². The van der Waals surface area contributed by atoms with Gasteiger partial charge in [0, 0.05) is 36.7 Å². The second-order valence-corrected chi connectivity index (χ2v) is 6.48. The third kappa shape index (κ3) is 4.05. The summed E-state index contributed by atoms with van der Waals surface area (Å²) in [6, 6.07) is 8.49. The van der Waals surface area contributed by atoms with Crippen LogP contribution in [0.3, 0.4) is 0 Å². The van der Waals surface area contributed by atoms with Gasteiger partial charge in [-0.25, -0.2) is 0 Å². The number of carbonyl (C=O) groups is 1. The summed E-state index contributed by atoms with van der Waals surface area (Å²) in [6.07, 6.45) is 1.06. The van der Waals surface area contributed by atoms with E-state index in [0.717, 1.165) is 37.1 Å². The van der Waals surface area contributed by atoms with E-state index in [9.17, 15) is 4.79 Å². The fourth-order valence-electron chi connectivity index (χ4n) is 3.01. The summed E-state index contributed by atoms with van der Waals surface area (Å²) >= 11 is 3.54. The molecule has 5 heteroatoms. The van der Waals surface area contributed by atoms with E-state index >= 15 is 0 Å². The molecule has 1 aliphatic heterocycles. The first kappa shape index (κ1) is 16.5. The molecule has 0 bridgehead atoms. The highest BCUT2D eigenvalue weighted by Crippen LogP contribution is 2.27. The maximum atomic E-state index is 11.1. The van der Waals surface area contributed by atoms with Gasteiger partial charge < -0.3 is 5.11 Å². The predicted molar refractivity (Wildman–Crippen MR) is 87.4 cm³/mol. The molecule has 1 aliphatic rings. The predicted octanol–water partition coefficient (Wildman–Crippen LogP) is 2.99. The van der Waals surface area contributed by atoms with Crippen molar-refractivity contribution in [1.29, 1.82) is 0 Å². The molecule has 0 radical (unpaired) electrons. The lowest BCUT2D eigenvalue weighted by Gasteiger charge is -2.40. The minimum Gasteiger partial charge on any atom is -0.480 e. The number of halogens is 1. The van der Waals surface area contributed by atoms with Gasteiger partial charge in [0.15, 0.2) is 0 Å². The first-order valence-electron chi connectivity index (χ1n) is 7.49. The number of carboxylic acids is 1. The van der Waals surface area contributed by atoms with E-state index < -0.39 is 12.0 Å². The summed E-state index contributed by atoms with van der Waals surface area (Å²) in [5.41, 5.74) is 1.33. The molecule has 1 fully saturated rings. The van der Waals surface area contributed by atoms with Crippen LogP contribution in [-0.2, 0) is 4.79 Å². The quantitative estimate of drug-likeness (QED) is 0.882. The molecule has 0 aliphatic carbocycles. The Balaban J connectivity index is 2.01. The highest BCUT2D eigenvalue weighted by Gasteiger charge is 2.28. The van der Waals surface area contributed by atoms with Gasteiger partial charge in [0.1, 0.15) is 6.04 Å². The van der Waals surface area contributed by atoms with Crippen molar-refractivity contribution in [3.05, 3.63) is 34.3 Å².